The monoisotopic (exact) mass is 492 g/mol. The minimum Gasteiger partial charge on any atom is -0.543 e. The number of Topliss-reactive ketones (excluding diaryl/α,β-unsaturated/α-hetero) is 1. The number of hydrogen-bond donors (Lipinski definition) is 1. The molecule has 1 N–H and O–H groups in total. The summed E-state index contributed by atoms with van der Waals surface area (Å²) in [4.78, 5) is 41.2. The van der Waals surface area contributed by atoms with Gasteiger partial charge in [-0.3, -0.25) is 9.59 Å². The summed E-state index contributed by atoms with van der Waals surface area (Å²) < 4.78 is 12.6. The summed E-state index contributed by atoms with van der Waals surface area (Å²) in [6.45, 7) is 17.5. The fourth-order valence-corrected chi connectivity index (χ4v) is 4.77. The Morgan fingerprint density at radius 2 is 1.76 bits per heavy atom. The van der Waals surface area contributed by atoms with E-state index in [9.17, 15) is 14.4 Å². The molecule has 2 rings (SSSR count). The number of hydrogen-bond acceptors (Lipinski definition) is 7. The van der Waals surface area contributed by atoms with Gasteiger partial charge in [0.05, 0.1) is 10.2 Å². The lowest BCUT2D eigenvalue weighted by atomic mass is 10.1. The molecule has 0 aliphatic carbocycles. The van der Waals surface area contributed by atoms with Crippen molar-refractivity contribution >= 4 is 47.5 Å². The van der Waals surface area contributed by atoms with Crippen molar-refractivity contribution < 1.29 is 23.5 Å². The van der Waals surface area contributed by atoms with Gasteiger partial charge >= 0.3 is 5.97 Å². The van der Waals surface area contributed by atoms with Crippen LogP contribution in [-0.4, -0.2) is 42.6 Å². The third-order valence-corrected chi connectivity index (χ3v) is 10.9. The molecular weight excluding hydrogens is 456 g/mol. The van der Waals surface area contributed by atoms with Crippen molar-refractivity contribution in [3.05, 3.63) is 23.2 Å². The van der Waals surface area contributed by atoms with E-state index in [0.717, 1.165) is 16.0 Å². The van der Waals surface area contributed by atoms with Gasteiger partial charge in [0.25, 0.3) is 0 Å². The Kier molecular flexibility index (Phi) is 8.12. The highest BCUT2D eigenvalue weighted by Crippen LogP contribution is 2.38. The van der Waals surface area contributed by atoms with Gasteiger partial charge in [-0.05, 0) is 63.5 Å². The third kappa shape index (κ3) is 7.64. The van der Waals surface area contributed by atoms with E-state index < -0.39 is 25.9 Å². The number of nitrogens with one attached hydrogen (secondary N) is 1. The predicted molar refractivity (Wildman–Crippen MR) is 134 cm³/mol. The Bertz CT molecular complexity index is 1030. The van der Waals surface area contributed by atoms with Gasteiger partial charge in [0.2, 0.25) is 14.2 Å². The highest BCUT2D eigenvalue weighted by Gasteiger charge is 2.39. The summed E-state index contributed by atoms with van der Waals surface area (Å²) in [5, 5.41) is 3.04. The van der Waals surface area contributed by atoms with E-state index in [1.807, 2.05) is 18.2 Å². The van der Waals surface area contributed by atoms with Crippen molar-refractivity contribution in [1.29, 1.82) is 0 Å². The van der Waals surface area contributed by atoms with Crippen LogP contribution in [0.15, 0.2) is 18.2 Å². The van der Waals surface area contributed by atoms with Gasteiger partial charge < -0.3 is 14.5 Å². The molecule has 0 saturated carbocycles. The number of esters is 1. The Hall–Kier alpha value is -2.26. The molecule has 1 aromatic carbocycles. The van der Waals surface area contributed by atoms with Gasteiger partial charge in [-0.1, -0.05) is 20.8 Å². The predicted octanol–water partition coefficient (Wildman–Crippen LogP) is 5.49. The minimum absolute atomic E-state index is 0.0668. The number of nitrogens with zero attached hydrogens (tertiary/aromatic N) is 1. The quantitative estimate of drug-likeness (QED) is 0.297. The number of ether oxygens (including phenoxy) is 1. The maximum Gasteiger partial charge on any atom is 0.329 e. The molecule has 1 amide bonds. The Morgan fingerprint density at radius 1 is 1.12 bits per heavy atom. The van der Waals surface area contributed by atoms with Gasteiger partial charge in [0.15, 0.2) is 10.8 Å². The standard InChI is InChI=1S/C24H36N2O5SSi/c1-15(27)25-18(22(29)30-23(2,3)4)12-13-19(28)21-26-17-11-10-16(14-20(17)32-21)31-33(8,9)24(5,6)7/h10-11,14,18H,12-13H2,1-9H3,(H,25,27)/t18-/m1/s1. The lowest BCUT2D eigenvalue weighted by Crippen LogP contribution is -2.43. The first kappa shape index (κ1) is 27.0. The van der Waals surface area contributed by atoms with Gasteiger partial charge in [-0.15, -0.1) is 11.3 Å². The molecule has 1 atom stereocenters. The van der Waals surface area contributed by atoms with E-state index in [1.54, 1.807) is 20.8 Å². The molecule has 2 aromatic rings. The maximum absolute atomic E-state index is 12.8. The fraction of sp³-hybridized carbons (Fsp3) is 0.583. The number of amides is 1. The third-order valence-electron chi connectivity index (χ3n) is 5.51. The van der Waals surface area contributed by atoms with E-state index in [4.69, 9.17) is 9.16 Å². The van der Waals surface area contributed by atoms with E-state index in [2.05, 4.69) is 44.2 Å². The molecule has 9 heteroatoms. The lowest BCUT2D eigenvalue weighted by molar-refractivity contribution is -0.158. The number of rotatable bonds is 8. The summed E-state index contributed by atoms with van der Waals surface area (Å²) in [6, 6.07) is 4.81. The second-order valence-electron chi connectivity index (χ2n) is 10.8. The zero-order valence-electron chi connectivity index (χ0n) is 21.1. The van der Waals surface area contributed by atoms with Crippen molar-refractivity contribution in [2.24, 2.45) is 0 Å². The summed E-state index contributed by atoms with van der Waals surface area (Å²) in [5.41, 5.74) is 0.0474. The molecule has 7 nitrogen and oxygen atoms in total. The van der Waals surface area contributed by atoms with Crippen LogP contribution in [0.3, 0.4) is 0 Å². The molecule has 0 unspecified atom stereocenters. The first-order valence-corrected chi connectivity index (χ1v) is 14.8. The minimum atomic E-state index is -1.98. The zero-order chi connectivity index (χ0) is 25.2. The van der Waals surface area contributed by atoms with Gasteiger partial charge in [-0.25, -0.2) is 9.78 Å². The Balaban J connectivity index is 2.13. The number of carbonyl (C=O) groups excluding carboxylic acids is 3. The number of thiazole rings is 1. The molecular formula is C24H36N2O5SSi. The molecule has 0 aliphatic heterocycles. The van der Waals surface area contributed by atoms with Crippen LogP contribution in [0.4, 0.5) is 0 Å². The number of carbonyl (C=O) groups is 3. The SMILES string of the molecule is CC(=O)N[C@H](CCC(=O)c1nc2ccc(O[Si](C)(C)C(C)(C)C)cc2s1)C(=O)OC(C)(C)C. The Labute approximate surface area is 201 Å². The average Bonchev–Trinajstić information content (AvgIpc) is 3.05. The second kappa shape index (κ2) is 9.93. The van der Waals surface area contributed by atoms with Crippen molar-refractivity contribution in [2.45, 2.75) is 91.1 Å². The Morgan fingerprint density at radius 3 is 2.30 bits per heavy atom. The van der Waals surface area contributed by atoms with Crippen LogP contribution >= 0.6 is 11.3 Å². The molecule has 1 heterocycles. The van der Waals surface area contributed by atoms with Gasteiger partial charge in [0.1, 0.15) is 17.4 Å². The molecule has 0 saturated heterocycles. The summed E-state index contributed by atoms with van der Waals surface area (Å²) in [6.07, 6.45) is 0.209. The highest BCUT2D eigenvalue weighted by molar-refractivity contribution is 7.20. The van der Waals surface area contributed by atoms with Gasteiger partial charge in [0, 0.05) is 13.3 Å². The van der Waals surface area contributed by atoms with Crippen LogP contribution in [0.1, 0.15) is 71.1 Å². The summed E-state index contributed by atoms with van der Waals surface area (Å²) >= 11 is 1.31. The molecule has 33 heavy (non-hydrogen) atoms. The first-order valence-electron chi connectivity index (χ1n) is 11.1. The molecule has 0 aliphatic rings. The lowest BCUT2D eigenvalue weighted by Gasteiger charge is -2.36. The molecule has 0 bridgehead atoms. The fourth-order valence-electron chi connectivity index (χ4n) is 2.78. The summed E-state index contributed by atoms with van der Waals surface area (Å²) in [5.74, 6) is -0.302. The van der Waals surface area contributed by atoms with Crippen LogP contribution in [0.2, 0.25) is 18.1 Å². The smallest absolute Gasteiger partial charge is 0.329 e. The molecule has 0 spiro atoms. The normalized spacial score (nSPS) is 13.5. The largest absolute Gasteiger partial charge is 0.543 e. The molecule has 0 radical (unpaired) electrons. The van der Waals surface area contributed by atoms with Crippen molar-refractivity contribution in [3.63, 3.8) is 0 Å². The number of ketones is 1. The zero-order valence-corrected chi connectivity index (χ0v) is 22.9. The van der Waals surface area contributed by atoms with Crippen LogP contribution in [0, 0.1) is 0 Å². The van der Waals surface area contributed by atoms with Crippen LogP contribution in [0.25, 0.3) is 10.2 Å². The number of aromatic nitrogens is 1. The van der Waals surface area contributed by atoms with Crippen molar-refractivity contribution in [2.75, 3.05) is 0 Å². The van der Waals surface area contributed by atoms with Crippen molar-refractivity contribution in [3.8, 4) is 5.75 Å². The van der Waals surface area contributed by atoms with E-state index in [0.29, 0.717) is 5.01 Å². The van der Waals surface area contributed by atoms with E-state index in [1.165, 1.54) is 18.3 Å². The molecule has 182 valence electrons. The van der Waals surface area contributed by atoms with Crippen molar-refractivity contribution in [1.82, 2.24) is 10.3 Å². The van der Waals surface area contributed by atoms with Crippen LogP contribution in [0.5, 0.6) is 5.75 Å². The number of benzene rings is 1. The van der Waals surface area contributed by atoms with E-state index >= 15 is 0 Å². The van der Waals surface area contributed by atoms with Gasteiger partial charge in [-0.2, -0.15) is 0 Å². The van der Waals surface area contributed by atoms with E-state index in [-0.39, 0.29) is 29.6 Å². The summed E-state index contributed by atoms with van der Waals surface area (Å²) in [7, 11) is -1.98. The second-order valence-corrected chi connectivity index (χ2v) is 16.5. The molecule has 0 fully saturated rings. The average molecular weight is 493 g/mol. The maximum atomic E-state index is 12.8. The van der Waals surface area contributed by atoms with Crippen LogP contribution in [-0.2, 0) is 14.3 Å². The highest BCUT2D eigenvalue weighted by atomic mass is 32.1. The first-order chi connectivity index (χ1) is 15.0. The van der Waals surface area contributed by atoms with Crippen LogP contribution < -0.4 is 9.74 Å². The topological polar surface area (TPSA) is 94.6 Å². The number of fused-ring (bicyclic) bond motifs is 1. The molecule has 1 aromatic heterocycles.